The Morgan fingerprint density at radius 1 is 1.56 bits per heavy atom. The number of aryl methyl sites for hydroxylation is 1. The van der Waals surface area contributed by atoms with Crippen LogP contribution in [0.2, 0.25) is 0 Å². The molecule has 0 aliphatic heterocycles. The lowest BCUT2D eigenvalue weighted by Crippen LogP contribution is -1.99. The Morgan fingerprint density at radius 2 is 2.33 bits per heavy atom. The SMILES string of the molecule is Cc1csc(COc2ccc([N+](=O)[O-])cc2N)n1. The summed E-state index contributed by atoms with van der Waals surface area (Å²) >= 11 is 1.50. The van der Waals surface area contributed by atoms with Crippen LogP contribution in [0, 0.1) is 17.0 Å². The van der Waals surface area contributed by atoms with Crippen molar-refractivity contribution in [3.05, 3.63) is 44.4 Å². The zero-order valence-electron chi connectivity index (χ0n) is 9.62. The molecule has 6 nitrogen and oxygen atoms in total. The third-order valence-corrected chi connectivity index (χ3v) is 3.16. The topological polar surface area (TPSA) is 91.3 Å². The molecular weight excluding hydrogens is 254 g/mol. The Hall–Kier alpha value is -2.15. The second-order valence-electron chi connectivity index (χ2n) is 3.65. The Bertz CT molecular complexity index is 583. The van der Waals surface area contributed by atoms with E-state index in [1.54, 1.807) is 0 Å². The van der Waals surface area contributed by atoms with Crippen LogP contribution >= 0.6 is 11.3 Å². The monoisotopic (exact) mass is 265 g/mol. The van der Waals surface area contributed by atoms with E-state index in [1.165, 1.54) is 29.5 Å². The predicted octanol–water partition coefficient (Wildman–Crippen LogP) is 2.52. The molecule has 1 aromatic carbocycles. The molecule has 0 unspecified atom stereocenters. The first-order valence-electron chi connectivity index (χ1n) is 5.14. The zero-order valence-corrected chi connectivity index (χ0v) is 10.4. The number of nitro groups is 1. The highest BCUT2D eigenvalue weighted by molar-refractivity contribution is 7.09. The number of nitro benzene ring substituents is 1. The number of nitrogens with two attached hydrogens (primary N) is 1. The number of benzene rings is 1. The van der Waals surface area contributed by atoms with Crippen molar-refractivity contribution < 1.29 is 9.66 Å². The Labute approximate surface area is 107 Å². The van der Waals surface area contributed by atoms with Gasteiger partial charge in [0.25, 0.3) is 5.69 Å². The molecule has 0 amide bonds. The van der Waals surface area contributed by atoms with Gasteiger partial charge in [0.15, 0.2) is 0 Å². The molecule has 7 heteroatoms. The quantitative estimate of drug-likeness (QED) is 0.521. The Kier molecular flexibility index (Phi) is 3.42. The number of hydrogen-bond donors (Lipinski definition) is 1. The molecule has 0 spiro atoms. The number of hydrogen-bond acceptors (Lipinski definition) is 6. The largest absolute Gasteiger partial charge is 0.484 e. The van der Waals surface area contributed by atoms with Gasteiger partial charge in [0.05, 0.1) is 10.6 Å². The van der Waals surface area contributed by atoms with E-state index in [0.29, 0.717) is 12.4 Å². The molecule has 0 saturated heterocycles. The molecule has 2 N–H and O–H groups in total. The summed E-state index contributed by atoms with van der Waals surface area (Å²) in [4.78, 5) is 14.3. The van der Waals surface area contributed by atoms with Gasteiger partial charge in [-0.05, 0) is 13.0 Å². The summed E-state index contributed by atoms with van der Waals surface area (Å²) in [7, 11) is 0. The summed E-state index contributed by atoms with van der Waals surface area (Å²) in [5.41, 5.74) is 6.82. The van der Waals surface area contributed by atoms with Crippen molar-refractivity contribution in [3.8, 4) is 5.75 Å². The van der Waals surface area contributed by atoms with Crippen LogP contribution in [-0.4, -0.2) is 9.91 Å². The van der Waals surface area contributed by atoms with E-state index in [1.807, 2.05) is 12.3 Å². The van der Waals surface area contributed by atoms with Crippen molar-refractivity contribution in [2.75, 3.05) is 5.73 Å². The third-order valence-electron chi connectivity index (χ3n) is 2.22. The molecule has 0 aliphatic rings. The first kappa shape index (κ1) is 12.3. The number of non-ortho nitro benzene ring substituents is 1. The van der Waals surface area contributed by atoms with Gasteiger partial charge in [-0.3, -0.25) is 10.1 Å². The average molecular weight is 265 g/mol. The van der Waals surface area contributed by atoms with Gasteiger partial charge >= 0.3 is 0 Å². The molecule has 0 bridgehead atoms. The van der Waals surface area contributed by atoms with Crippen molar-refractivity contribution >= 4 is 22.7 Å². The first-order chi connectivity index (χ1) is 8.56. The lowest BCUT2D eigenvalue weighted by molar-refractivity contribution is -0.384. The van der Waals surface area contributed by atoms with Gasteiger partial charge in [0.2, 0.25) is 0 Å². The molecular formula is C11H11N3O3S. The van der Waals surface area contributed by atoms with Crippen LogP contribution in [0.25, 0.3) is 0 Å². The highest BCUT2D eigenvalue weighted by atomic mass is 32.1. The first-order valence-corrected chi connectivity index (χ1v) is 6.02. The van der Waals surface area contributed by atoms with Crippen LogP contribution in [0.4, 0.5) is 11.4 Å². The van der Waals surface area contributed by atoms with E-state index in [2.05, 4.69) is 4.98 Å². The molecule has 2 aromatic rings. The summed E-state index contributed by atoms with van der Waals surface area (Å²) in [5.74, 6) is 0.424. The number of nitrogens with zero attached hydrogens (tertiary/aromatic N) is 2. The summed E-state index contributed by atoms with van der Waals surface area (Å²) in [6.45, 7) is 2.21. The molecule has 18 heavy (non-hydrogen) atoms. The minimum absolute atomic E-state index is 0.0510. The highest BCUT2D eigenvalue weighted by Crippen LogP contribution is 2.27. The number of thiazole rings is 1. The maximum atomic E-state index is 10.5. The summed E-state index contributed by atoms with van der Waals surface area (Å²) in [6, 6.07) is 4.13. The van der Waals surface area contributed by atoms with Gasteiger partial charge in [-0.2, -0.15) is 0 Å². The highest BCUT2D eigenvalue weighted by Gasteiger charge is 2.10. The van der Waals surface area contributed by atoms with Gasteiger partial charge in [0, 0.05) is 23.2 Å². The fourth-order valence-electron chi connectivity index (χ4n) is 1.39. The van der Waals surface area contributed by atoms with E-state index in [-0.39, 0.29) is 11.4 Å². The molecule has 1 aromatic heterocycles. The number of aromatic nitrogens is 1. The molecule has 1 heterocycles. The van der Waals surface area contributed by atoms with E-state index >= 15 is 0 Å². The fourth-order valence-corrected chi connectivity index (χ4v) is 2.07. The zero-order chi connectivity index (χ0) is 13.1. The molecule has 0 aliphatic carbocycles. The number of rotatable bonds is 4. The van der Waals surface area contributed by atoms with E-state index in [0.717, 1.165) is 10.7 Å². The summed E-state index contributed by atoms with van der Waals surface area (Å²) in [5, 5.41) is 13.3. The van der Waals surface area contributed by atoms with Crippen LogP contribution in [0.5, 0.6) is 5.75 Å². The predicted molar refractivity (Wildman–Crippen MR) is 68.7 cm³/mol. The van der Waals surface area contributed by atoms with Crippen molar-refractivity contribution in [2.24, 2.45) is 0 Å². The lowest BCUT2D eigenvalue weighted by Gasteiger charge is -2.06. The second-order valence-corrected chi connectivity index (χ2v) is 4.59. The Balaban J connectivity index is 2.08. The fraction of sp³-hybridized carbons (Fsp3) is 0.182. The van der Waals surface area contributed by atoms with Crippen LogP contribution in [-0.2, 0) is 6.61 Å². The molecule has 0 radical (unpaired) electrons. The van der Waals surface area contributed by atoms with Crippen molar-refractivity contribution in [1.29, 1.82) is 0 Å². The number of nitrogen functional groups attached to an aromatic ring is 1. The molecule has 2 rings (SSSR count). The summed E-state index contributed by atoms with van der Waals surface area (Å²) in [6.07, 6.45) is 0. The minimum Gasteiger partial charge on any atom is -0.484 e. The van der Waals surface area contributed by atoms with Crippen molar-refractivity contribution in [3.63, 3.8) is 0 Å². The molecule has 0 saturated carbocycles. The standard InChI is InChI=1S/C11H11N3O3S/c1-7-6-18-11(13-7)5-17-10-3-2-8(14(15)16)4-9(10)12/h2-4,6H,5,12H2,1H3. The smallest absolute Gasteiger partial charge is 0.271 e. The van der Waals surface area contributed by atoms with Crippen LogP contribution in [0.3, 0.4) is 0 Å². The van der Waals surface area contributed by atoms with Crippen molar-refractivity contribution in [1.82, 2.24) is 4.98 Å². The van der Waals surface area contributed by atoms with Gasteiger partial charge < -0.3 is 10.5 Å². The minimum atomic E-state index is -0.496. The van der Waals surface area contributed by atoms with Gasteiger partial charge in [-0.25, -0.2) is 4.98 Å². The second kappa shape index (κ2) is 5.01. The van der Waals surface area contributed by atoms with Crippen LogP contribution in [0.15, 0.2) is 23.6 Å². The van der Waals surface area contributed by atoms with E-state index in [9.17, 15) is 10.1 Å². The molecule has 0 fully saturated rings. The Morgan fingerprint density at radius 3 is 2.89 bits per heavy atom. The molecule has 94 valence electrons. The maximum absolute atomic E-state index is 10.5. The van der Waals surface area contributed by atoms with Crippen molar-refractivity contribution in [2.45, 2.75) is 13.5 Å². The average Bonchev–Trinajstić information content (AvgIpc) is 2.73. The number of ether oxygens (including phenoxy) is 1. The van der Waals surface area contributed by atoms with Gasteiger partial charge in [0.1, 0.15) is 17.4 Å². The number of anilines is 1. The lowest BCUT2D eigenvalue weighted by atomic mass is 10.2. The normalized spacial score (nSPS) is 10.3. The van der Waals surface area contributed by atoms with Gasteiger partial charge in [-0.15, -0.1) is 11.3 Å². The van der Waals surface area contributed by atoms with Gasteiger partial charge in [-0.1, -0.05) is 0 Å². The summed E-state index contributed by atoms with van der Waals surface area (Å²) < 4.78 is 5.47. The molecule has 0 atom stereocenters. The third kappa shape index (κ3) is 2.75. The van der Waals surface area contributed by atoms with E-state index < -0.39 is 4.92 Å². The van der Waals surface area contributed by atoms with Crippen LogP contribution in [0.1, 0.15) is 10.7 Å². The van der Waals surface area contributed by atoms with E-state index in [4.69, 9.17) is 10.5 Å². The van der Waals surface area contributed by atoms with Crippen LogP contribution < -0.4 is 10.5 Å². The maximum Gasteiger partial charge on any atom is 0.271 e.